The minimum absolute atomic E-state index is 0.0254. The molecule has 0 spiro atoms. The quantitative estimate of drug-likeness (QED) is 0.526. The summed E-state index contributed by atoms with van der Waals surface area (Å²) in [5.41, 5.74) is 2.34. The van der Waals surface area contributed by atoms with Gasteiger partial charge in [-0.3, -0.25) is 9.20 Å². The number of carbonyl (C=O) groups excluding carboxylic acids is 1. The molecule has 35 heavy (non-hydrogen) atoms. The van der Waals surface area contributed by atoms with Crippen LogP contribution in [0.15, 0.2) is 48.8 Å². The molecule has 0 atom stereocenters. The first-order valence-corrected chi connectivity index (χ1v) is 10.8. The number of aromatic nitrogens is 2. The van der Waals surface area contributed by atoms with E-state index in [1.807, 2.05) is 67.8 Å². The number of pyridine rings is 1. The van der Waals surface area contributed by atoms with Crippen molar-refractivity contribution in [1.29, 1.82) is 0 Å². The van der Waals surface area contributed by atoms with Crippen LogP contribution >= 0.6 is 0 Å². The van der Waals surface area contributed by atoms with Gasteiger partial charge in [0.25, 0.3) is 5.91 Å². The highest BCUT2D eigenvalue weighted by Gasteiger charge is 2.38. The van der Waals surface area contributed by atoms with Gasteiger partial charge in [-0.15, -0.1) is 0 Å². The van der Waals surface area contributed by atoms with Crippen molar-refractivity contribution in [3.63, 3.8) is 0 Å². The van der Waals surface area contributed by atoms with E-state index in [4.69, 9.17) is 19.4 Å². The van der Waals surface area contributed by atoms with E-state index in [2.05, 4.69) is 10.3 Å². The number of rotatable bonds is 6. The zero-order chi connectivity index (χ0) is 25.8. The van der Waals surface area contributed by atoms with Crippen molar-refractivity contribution in [3.8, 4) is 22.8 Å². The number of alkyl halides is 3. The van der Waals surface area contributed by atoms with Gasteiger partial charge in [0, 0.05) is 30.1 Å². The van der Waals surface area contributed by atoms with E-state index in [9.17, 15) is 18.0 Å². The SMILES string of the molecule is CC(C)(C)Oc1ccc(-c2cccc3nccn23)c(OCC(=O)NC2CC2)c1.O=C(O)C(F)(F)F. The highest BCUT2D eigenvalue weighted by atomic mass is 19.4. The molecule has 2 aromatic heterocycles. The Hall–Kier alpha value is -3.76. The minimum Gasteiger partial charge on any atom is -0.488 e. The summed E-state index contributed by atoms with van der Waals surface area (Å²) < 4.78 is 45.7. The number of imidazole rings is 1. The number of carbonyl (C=O) groups is 2. The van der Waals surface area contributed by atoms with Crippen LogP contribution in [0.3, 0.4) is 0 Å². The number of fused-ring (bicyclic) bond motifs is 1. The summed E-state index contributed by atoms with van der Waals surface area (Å²) in [5.74, 6) is -1.55. The third kappa shape index (κ3) is 7.62. The molecule has 0 aliphatic heterocycles. The average molecular weight is 493 g/mol. The number of nitrogens with zero attached hydrogens (tertiary/aromatic N) is 2. The average Bonchev–Trinajstić information content (AvgIpc) is 3.42. The van der Waals surface area contributed by atoms with E-state index in [-0.39, 0.29) is 18.1 Å². The van der Waals surface area contributed by atoms with Crippen molar-refractivity contribution >= 4 is 17.5 Å². The summed E-state index contributed by atoms with van der Waals surface area (Å²) in [6.45, 7) is 5.96. The van der Waals surface area contributed by atoms with Crippen LogP contribution in [-0.4, -0.2) is 50.8 Å². The van der Waals surface area contributed by atoms with Crippen LogP contribution in [0.4, 0.5) is 13.2 Å². The van der Waals surface area contributed by atoms with E-state index >= 15 is 0 Å². The van der Waals surface area contributed by atoms with Crippen LogP contribution in [0.2, 0.25) is 0 Å². The van der Waals surface area contributed by atoms with Gasteiger partial charge in [0.05, 0.1) is 5.69 Å². The molecule has 8 nitrogen and oxygen atoms in total. The number of ether oxygens (including phenoxy) is 2. The molecule has 1 aliphatic rings. The summed E-state index contributed by atoms with van der Waals surface area (Å²) >= 11 is 0. The molecule has 1 aromatic carbocycles. The molecule has 1 aliphatic carbocycles. The smallest absolute Gasteiger partial charge is 0.488 e. The van der Waals surface area contributed by atoms with Crippen molar-refractivity contribution in [2.24, 2.45) is 0 Å². The second-order valence-electron chi connectivity index (χ2n) is 8.87. The van der Waals surface area contributed by atoms with Gasteiger partial charge in [-0.25, -0.2) is 9.78 Å². The highest BCUT2D eigenvalue weighted by Crippen LogP contribution is 2.35. The Labute approximate surface area is 199 Å². The molecule has 188 valence electrons. The zero-order valence-corrected chi connectivity index (χ0v) is 19.4. The van der Waals surface area contributed by atoms with Gasteiger partial charge in [-0.1, -0.05) is 6.07 Å². The second-order valence-corrected chi connectivity index (χ2v) is 8.87. The van der Waals surface area contributed by atoms with E-state index in [0.717, 1.165) is 29.7 Å². The molecule has 3 aromatic rings. The van der Waals surface area contributed by atoms with Crippen molar-refractivity contribution in [2.75, 3.05) is 6.61 Å². The summed E-state index contributed by atoms with van der Waals surface area (Å²) in [5, 5.41) is 10.1. The molecular formula is C24H26F3N3O5. The zero-order valence-electron chi connectivity index (χ0n) is 19.4. The van der Waals surface area contributed by atoms with Crippen molar-refractivity contribution < 1.29 is 37.3 Å². The predicted octanol–water partition coefficient (Wildman–Crippen LogP) is 4.47. The maximum atomic E-state index is 12.1. The van der Waals surface area contributed by atoms with E-state index < -0.39 is 12.1 Å². The van der Waals surface area contributed by atoms with Crippen LogP contribution in [0.5, 0.6) is 11.5 Å². The van der Waals surface area contributed by atoms with E-state index in [1.54, 1.807) is 6.20 Å². The molecule has 4 rings (SSSR count). The van der Waals surface area contributed by atoms with Gasteiger partial charge in [-0.05, 0) is 57.9 Å². The van der Waals surface area contributed by atoms with E-state index in [0.29, 0.717) is 17.5 Å². The molecule has 11 heteroatoms. The fraction of sp³-hybridized carbons (Fsp3) is 0.375. The number of nitrogens with one attached hydrogen (secondary N) is 1. The number of hydrogen-bond donors (Lipinski definition) is 2. The number of carboxylic acid groups (broad SMARTS) is 1. The molecule has 1 saturated carbocycles. The Morgan fingerprint density at radius 3 is 2.46 bits per heavy atom. The number of aliphatic carboxylic acids is 1. The van der Waals surface area contributed by atoms with Crippen molar-refractivity contribution in [1.82, 2.24) is 14.7 Å². The van der Waals surface area contributed by atoms with E-state index in [1.165, 1.54) is 0 Å². The number of halogens is 3. The summed E-state index contributed by atoms with van der Waals surface area (Å²) in [7, 11) is 0. The third-order valence-electron chi connectivity index (χ3n) is 4.63. The van der Waals surface area contributed by atoms with Gasteiger partial charge in [-0.2, -0.15) is 13.2 Å². The van der Waals surface area contributed by atoms with Crippen LogP contribution in [0.1, 0.15) is 33.6 Å². The molecule has 2 N–H and O–H groups in total. The van der Waals surface area contributed by atoms with Crippen LogP contribution in [-0.2, 0) is 9.59 Å². The highest BCUT2D eigenvalue weighted by molar-refractivity contribution is 5.79. The Balaban J connectivity index is 0.000000429. The molecule has 1 fully saturated rings. The number of amides is 1. The van der Waals surface area contributed by atoms with Crippen LogP contribution in [0, 0.1) is 0 Å². The van der Waals surface area contributed by atoms with Gasteiger partial charge in [0.2, 0.25) is 0 Å². The largest absolute Gasteiger partial charge is 0.490 e. The lowest BCUT2D eigenvalue weighted by Crippen LogP contribution is -2.30. The molecule has 0 radical (unpaired) electrons. The maximum Gasteiger partial charge on any atom is 0.490 e. The summed E-state index contributed by atoms with van der Waals surface area (Å²) in [6.07, 6.45) is 0.691. The van der Waals surface area contributed by atoms with Gasteiger partial charge in [0.1, 0.15) is 22.7 Å². The lowest BCUT2D eigenvalue weighted by Gasteiger charge is -2.22. The van der Waals surface area contributed by atoms with Gasteiger partial charge >= 0.3 is 12.1 Å². The summed E-state index contributed by atoms with van der Waals surface area (Å²) in [6, 6.07) is 12.0. The fourth-order valence-corrected chi connectivity index (χ4v) is 3.06. The molecule has 1 amide bonds. The molecule has 0 saturated heterocycles. The topological polar surface area (TPSA) is 102 Å². The molecule has 2 heterocycles. The summed E-state index contributed by atoms with van der Waals surface area (Å²) in [4.78, 5) is 25.4. The standard InChI is InChI=1S/C22H25N3O3.C2HF3O2/c1-22(2,3)28-16-9-10-17(18-5-4-6-20-23-11-12-25(18)20)19(13-16)27-14-21(26)24-15-7-8-15;3-2(4,5)1(6)7/h4-6,9-13,15H,7-8,14H2,1-3H3,(H,24,26);(H,6,7). The monoisotopic (exact) mass is 493 g/mol. The Bertz CT molecular complexity index is 1200. The third-order valence-corrected chi connectivity index (χ3v) is 4.63. The van der Waals surface area contributed by atoms with Crippen molar-refractivity contribution in [3.05, 3.63) is 48.8 Å². The lowest BCUT2D eigenvalue weighted by atomic mass is 10.1. The van der Waals surface area contributed by atoms with Gasteiger partial charge < -0.3 is 19.9 Å². The molecule has 0 bridgehead atoms. The number of carboxylic acids is 1. The first-order chi connectivity index (χ1) is 16.3. The Kier molecular flexibility index (Phi) is 7.57. The Morgan fingerprint density at radius 1 is 1.17 bits per heavy atom. The lowest BCUT2D eigenvalue weighted by molar-refractivity contribution is -0.192. The number of hydrogen-bond acceptors (Lipinski definition) is 5. The molecule has 0 unspecified atom stereocenters. The van der Waals surface area contributed by atoms with Gasteiger partial charge in [0.15, 0.2) is 6.61 Å². The number of benzene rings is 1. The van der Waals surface area contributed by atoms with Crippen LogP contribution < -0.4 is 14.8 Å². The maximum absolute atomic E-state index is 12.1. The predicted molar refractivity (Wildman–Crippen MR) is 121 cm³/mol. The first-order valence-electron chi connectivity index (χ1n) is 10.8. The normalized spacial score (nSPS) is 13.5. The van der Waals surface area contributed by atoms with Crippen molar-refractivity contribution in [2.45, 2.75) is 51.4 Å². The molecular weight excluding hydrogens is 467 g/mol. The minimum atomic E-state index is -5.08. The second kappa shape index (κ2) is 10.2. The van der Waals surface area contributed by atoms with Crippen LogP contribution in [0.25, 0.3) is 16.9 Å². The Morgan fingerprint density at radius 2 is 1.86 bits per heavy atom. The first kappa shape index (κ1) is 25.9. The fourth-order valence-electron chi connectivity index (χ4n) is 3.06.